The van der Waals surface area contributed by atoms with Crippen LogP contribution < -0.4 is 10.1 Å². The first kappa shape index (κ1) is 14.7. The molecule has 0 aliphatic heterocycles. The first-order chi connectivity index (χ1) is 9.95. The minimum absolute atomic E-state index is 0.0545. The molecular weight excluding hydrogens is 277 g/mol. The predicted octanol–water partition coefficient (Wildman–Crippen LogP) is 2.84. The fourth-order valence-electron chi connectivity index (χ4n) is 1.59. The number of hydrogen-bond donors (Lipinski definition) is 2. The number of aromatic carboxylic acids is 1. The maximum absolute atomic E-state index is 13.8. The number of ether oxygens (including phenoxy) is 1. The number of hydrogen-bond acceptors (Lipinski definition) is 5. The number of carbonyl (C=O) groups is 1. The van der Waals surface area contributed by atoms with Crippen molar-refractivity contribution in [1.29, 1.82) is 0 Å². The van der Waals surface area contributed by atoms with Crippen LogP contribution in [0.15, 0.2) is 30.6 Å². The van der Waals surface area contributed by atoms with Gasteiger partial charge in [-0.2, -0.15) is 4.98 Å². The molecule has 7 heteroatoms. The molecule has 2 N–H and O–H groups in total. The van der Waals surface area contributed by atoms with Crippen molar-refractivity contribution in [3.63, 3.8) is 0 Å². The molecule has 0 saturated carbocycles. The van der Waals surface area contributed by atoms with E-state index in [1.165, 1.54) is 24.5 Å². The zero-order valence-corrected chi connectivity index (χ0v) is 11.5. The van der Waals surface area contributed by atoms with E-state index in [4.69, 9.17) is 9.84 Å². The number of anilines is 2. The summed E-state index contributed by atoms with van der Waals surface area (Å²) in [7, 11) is 0. The highest BCUT2D eigenvalue weighted by Crippen LogP contribution is 2.21. The lowest BCUT2D eigenvalue weighted by atomic mass is 10.2. The van der Waals surface area contributed by atoms with E-state index in [0.29, 0.717) is 11.7 Å². The Morgan fingerprint density at radius 1 is 1.38 bits per heavy atom. The molecule has 0 aliphatic rings. The van der Waals surface area contributed by atoms with Gasteiger partial charge in [-0.15, -0.1) is 0 Å². The second kappa shape index (κ2) is 6.17. The van der Waals surface area contributed by atoms with Crippen LogP contribution in [0.2, 0.25) is 0 Å². The molecule has 0 aliphatic carbocycles. The van der Waals surface area contributed by atoms with Gasteiger partial charge in [0.05, 0.1) is 29.7 Å². The molecule has 2 aromatic rings. The number of aromatic nitrogens is 2. The summed E-state index contributed by atoms with van der Waals surface area (Å²) in [4.78, 5) is 18.8. The van der Waals surface area contributed by atoms with Crippen LogP contribution in [-0.2, 0) is 0 Å². The molecule has 110 valence electrons. The molecule has 1 aromatic heterocycles. The van der Waals surface area contributed by atoms with E-state index < -0.39 is 11.8 Å². The summed E-state index contributed by atoms with van der Waals surface area (Å²) in [5.74, 6) is -1.26. The number of nitrogens with one attached hydrogen (secondary N) is 1. The minimum atomic E-state index is -1.19. The molecule has 2 rings (SSSR count). The monoisotopic (exact) mass is 291 g/mol. The van der Waals surface area contributed by atoms with E-state index >= 15 is 0 Å². The smallest absolute Gasteiger partial charge is 0.335 e. The van der Waals surface area contributed by atoms with Gasteiger partial charge < -0.3 is 15.2 Å². The van der Waals surface area contributed by atoms with Crippen molar-refractivity contribution >= 4 is 17.5 Å². The highest BCUT2D eigenvalue weighted by Gasteiger charge is 2.09. The van der Waals surface area contributed by atoms with Crippen molar-refractivity contribution in [1.82, 2.24) is 9.97 Å². The zero-order chi connectivity index (χ0) is 15.4. The summed E-state index contributed by atoms with van der Waals surface area (Å²) in [6.45, 7) is 3.71. The molecule has 21 heavy (non-hydrogen) atoms. The van der Waals surface area contributed by atoms with Gasteiger partial charge in [0.2, 0.25) is 5.88 Å². The third-order valence-corrected chi connectivity index (χ3v) is 2.45. The van der Waals surface area contributed by atoms with Crippen LogP contribution in [0.5, 0.6) is 5.88 Å². The van der Waals surface area contributed by atoms with Gasteiger partial charge in [-0.3, -0.25) is 4.98 Å². The topological polar surface area (TPSA) is 84.3 Å². The molecular formula is C14H14FN3O3. The van der Waals surface area contributed by atoms with Crippen LogP contribution in [0, 0.1) is 5.82 Å². The maximum Gasteiger partial charge on any atom is 0.335 e. The van der Waals surface area contributed by atoms with Gasteiger partial charge in [-0.1, -0.05) is 0 Å². The van der Waals surface area contributed by atoms with Gasteiger partial charge in [-0.05, 0) is 32.0 Å². The first-order valence-corrected chi connectivity index (χ1v) is 6.24. The molecule has 0 saturated heterocycles. The fourth-order valence-corrected chi connectivity index (χ4v) is 1.59. The number of benzene rings is 1. The molecule has 0 amide bonds. The summed E-state index contributed by atoms with van der Waals surface area (Å²) in [6.07, 6.45) is 2.81. The lowest BCUT2D eigenvalue weighted by Crippen LogP contribution is -2.08. The molecule has 1 heterocycles. The normalized spacial score (nSPS) is 10.5. The first-order valence-electron chi connectivity index (χ1n) is 6.24. The molecule has 1 aromatic carbocycles. The van der Waals surface area contributed by atoms with Gasteiger partial charge in [0.25, 0.3) is 0 Å². The Morgan fingerprint density at radius 2 is 2.14 bits per heavy atom. The van der Waals surface area contributed by atoms with E-state index in [1.54, 1.807) is 0 Å². The van der Waals surface area contributed by atoms with E-state index in [2.05, 4.69) is 15.3 Å². The summed E-state index contributed by atoms with van der Waals surface area (Å²) in [6, 6.07) is 3.57. The zero-order valence-electron chi connectivity index (χ0n) is 11.5. The Hall–Kier alpha value is -2.70. The quantitative estimate of drug-likeness (QED) is 0.881. The standard InChI is InChI=1S/C14H14FN3O3/c1-8(2)21-13-7-16-6-12(18-13)17-11-4-3-9(14(19)20)5-10(11)15/h3-8H,1-2H3,(H,17,18)(H,19,20). The van der Waals surface area contributed by atoms with E-state index in [0.717, 1.165) is 6.07 Å². The van der Waals surface area contributed by atoms with Crippen molar-refractivity contribution in [2.75, 3.05) is 5.32 Å². The third kappa shape index (κ3) is 3.88. The molecule has 0 radical (unpaired) electrons. The van der Waals surface area contributed by atoms with Crippen LogP contribution in [-0.4, -0.2) is 27.1 Å². The number of carboxylic acids is 1. The van der Waals surface area contributed by atoms with Crippen molar-refractivity contribution in [2.24, 2.45) is 0 Å². The molecule has 0 spiro atoms. The highest BCUT2D eigenvalue weighted by atomic mass is 19.1. The summed E-state index contributed by atoms with van der Waals surface area (Å²) >= 11 is 0. The summed E-state index contributed by atoms with van der Waals surface area (Å²) < 4.78 is 19.2. The van der Waals surface area contributed by atoms with Gasteiger partial charge in [0, 0.05) is 0 Å². The SMILES string of the molecule is CC(C)Oc1cncc(Nc2ccc(C(=O)O)cc2F)n1. The summed E-state index contributed by atoms with van der Waals surface area (Å²) in [5.41, 5.74) is -0.0166. The Morgan fingerprint density at radius 3 is 2.76 bits per heavy atom. The molecule has 0 unspecified atom stereocenters. The molecule has 6 nitrogen and oxygen atoms in total. The van der Waals surface area contributed by atoms with Crippen LogP contribution in [0.1, 0.15) is 24.2 Å². The van der Waals surface area contributed by atoms with Crippen molar-refractivity contribution in [3.8, 4) is 5.88 Å². The average molecular weight is 291 g/mol. The second-order valence-corrected chi connectivity index (χ2v) is 4.53. The highest BCUT2D eigenvalue weighted by molar-refractivity contribution is 5.88. The van der Waals surface area contributed by atoms with Gasteiger partial charge in [0.1, 0.15) is 5.82 Å². The number of rotatable bonds is 5. The number of carboxylic acid groups (broad SMARTS) is 1. The largest absolute Gasteiger partial charge is 0.478 e. The maximum atomic E-state index is 13.8. The third-order valence-electron chi connectivity index (χ3n) is 2.45. The Kier molecular flexibility index (Phi) is 4.32. The predicted molar refractivity (Wildman–Crippen MR) is 74.4 cm³/mol. The van der Waals surface area contributed by atoms with Crippen LogP contribution in [0.4, 0.5) is 15.9 Å². The Labute approximate surface area is 120 Å². The van der Waals surface area contributed by atoms with E-state index in [-0.39, 0.29) is 17.4 Å². The van der Waals surface area contributed by atoms with Crippen LogP contribution >= 0.6 is 0 Å². The lowest BCUT2D eigenvalue weighted by Gasteiger charge is -2.11. The van der Waals surface area contributed by atoms with E-state index in [9.17, 15) is 9.18 Å². The van der Waals surface area contributed by atoms with Crippen molar-refractivity contribution in [3.05, 3.63) is 42.0 Å². The van der Waals surface area contributed by atoms with Crippen LogP contribution in [0.3, 0.4) is 0 Å². The molecule has 0 fully saturated rings. The Bertz CT molecular complexity index is 662. The van der Waals surface area contributed by atoms with Gasteiger partial charge in [0.15, 0.2) is 5.82 Å². The van der Waals surface area contributed by atoms with Gasteiger partial charge >= 0.3 is 5.97 Å². The summed E-state index contributed by atoms with van der Waals surface area (Å²) in [5, 5.41) is 11.5. The molecule has 0 bridgehead atoms. The molecule has 0 atom stereocenters. The van der Waals surface area contributed by atoms with Crippen LogP contribution in [0.25, 0.3) is 0 Å². The van der Waals surface area contributed by atoms with Crippen molar-refractivity contribution in [2.45, 2.75) is 20.0 Å². The van der Waals surface area contributed by atoms with E-state index in [1.807, 2.05) is 13.8 Å². The lowest BCUT2D eigenvalue weighted by molar-refractivity contribution is 0.0696. The van der Waals surface area contributed by atoms with Gasteiger partial charge in [-0.25, -0.2) is 9.18 Å². The number of nitrogens with zero attached hydrogens (tertiary/aromatic N) is 2. The fraction of sp³-hybridized carbons (Fsp3) is 0.214. The second-order valence-electron chi connectivity index (χ2n) is 4.53. The Balaban J connectivity index is 2.20. The minimum Gasteiger partial charge on any atom is -0.478 e. The van der Waals surface area contributed by atoms with Crippen molar-refractivity contribution < 1.29 is 19.0 Å². The number of halogens is 1. The average Bonchev–Trinajstić information content (AvgIpc) is 2.40.